The van der Waals surface area contributed by atoms with Crippen LogP contribution in [0.2, 0.25) is 0 Å². The summed E-state index contributed by atoms with van der Waals surface area (Å²) >= 11 is 0. The number of nitrogens with zero attached hydrogens (tertiary/aromatic N) is 1. The monoisotopic (exact) mass is 1000 g/mol. The average molecular weight is 1000 g/mol. The Morgan fingerprint density at radius 1 is 0.814 bits per heavy atom. The van der Waals surface area contributed by atoms with Crippen molar-refractivity contribution in [2.75, 3.05) is 31.7 Å². The van der Waals surface area contributed by atoms with Gasteiger partial charge in [0.2, 0.25) is 65.0 Å². The molecule has 0 radical (unpaired) electrons. The number of nitrogens with two attached hydrogens (primary N) is 3. The second-order valence-corrected chi connectivity index (χ2v) is 19.5. The summed E-state index contributed by atoms with van der Waals surface area (Å²) < 4.78 is 19.0. The predicted molar refractivity (Wildman–Crippen MR) is 253 cm³/mol. The van der Waals surface area contributed by atoms with E-state index in [4.69, 9.17) is 21.9 Å². The minimum Gasteiger partial charge on any atom is -0.497 e. The van der Waals surface area contributed by atoms with Crippen LogP contribution in [0, 0.1) is 11.8 Å². The van der Waals surface area contributed by atoms with Gasteiger partial charge in [0, 0.05) is 42.4 Å². The van der Waals surface area contributed by atoms with Crippen molar-refractivity contribution in [2.24, 2.45) is 29.0 Å². The molecule has 0 saturated carbocycles. The van der Waals surface area contributed by atoms with Gasteiger partial charge in [-0.25, -0.2) is 0 Å². The van der Waals surface area contributed by atoms with Crippen molar-refractivity contribution >= 4 is 75.8 Å². The number of ether oxygens (including phenoxy) is 1. The summed E-state index contributed by atoms with van der Waals surface area (Å²) in [6.07, 6.45) is -1.05. The third-order valence-corrected chi connectivity index (χ3v) is 13.2. The third kappa shape index (κ3) is 18.7. The molecule has 11 amide bonds. The van der Waals surface area contributed by atoms with Crippen LogP contribution in [0.25, 0.3) is 0 Å². The SMILES string of the molecule is CC[C@H](C)[C@@H]1NC(=O)[C@H](Cc2ccc(OC)cc2)NC(=O)CCC[S@](=O)C[C@@H](C(=O)N2CCC[C@H]2C(=O)N[C@@H](CC(C)C)C(=O)NCC(N)=O)NC(=O)[C@H](CC(N)=O)NC(=O)[C@H](CCC(N)=O)NC1=O. The van der Waals surface area contributed by atoms with Gasteiger partial charge in [0.1, 0.15) is 48.0 Å². The van der Waals surface area contributed by atoms with Crippen molar-refractivity contribution in [3.8, 4) is 5.75 Å². The molecular formula is C45H69N11O13S. The Bertz CT molecular complexity index is 2110. The van der Waals surface area contributed by atoms with E-state index >= 15 is 0 Å². The first-order valence-corrected chi connectivity index (χ1v) is 24.7. The molecule has 2 aliphatic rings. The molecule has 388 valence electrons. The first kappa shape index (κ1) is 57.7. The number of carbonyl (C=O) groups is 11. The van der Waals surface area contributed by atoms with Crippen molar-refractivity contribution in [2.45, 2.75) is 134 Å². The number of likely N-dealkylation sites (tertiary alicyclic amines) is 1. The summed E-state index contributed by atoms with van der Waals surface area (Å²) in [5.41, 5.74) is 16.7. The number of nitrogens with one attached hydrogen (secondary N) is 7. The van der Waals surface area contributed by atoms with Gasteiger partial charge in [0.15, 0.2) is 0 Å². The fourth-order valence-electron chi connectivity index (χ4n) is 7.81. The number of rotatable bonds is 18. The van der Waals surface area contributed by atoms with Crippen LogP contribution < -0.4 is 59.2 Å². The Balaban J connectivity index is 2.06. The quantitative estimate of drug-likeness (QED) is 0.0684. The van der Waals surface area contributed by atoms with Gasteiger partial charge in [-0.15, -0.1) is 0 Å². The zero-order valence-electron chi connectivity index (χ0n) is 40.3. The highest BCUT2D eigenvalue weighted by atomic mass is 32.2. The second-order valence-electron chi connectivity index (χ2n) is 17.9. The molecule has 3 rings (SSSR count). The summed E-state index contributed by atoms with van der Waals surface area (Å²) in [6.45, 7) is 6.53. The van der Waals surface area contributed by atoms with Crippen LogP contribution in [0.15, 0.2) is 24.3 Å². The van der Waals surface area contributed by atoms with Crippen molar-refractivity contribution in [3.63, 3.8) is 0 Å². The fraction of sp³-hybridized carbons (Fsp3) is 0.622. The number of carbonyl (C=O) groups excluding carboxylic acids is 11. The molecule has 2 heterocycles. The number of hydrogen-bond acceptors (Lipinski definition) is 13. The molecule has 0 bridgehead atoms. The Labute approximate surface area is 409 Å². The lowest BCUT2D eigenvalue weighted by atomic mass is 9.96. The van der Waals surface area contributed by atoms with Crippen LogP contribution in [-0.4, -0.2) is 148 Å². The summed E-state index contributed by atoms with van der Waals surface area (Å²) in [7, 11) is -0.481. The molecule has 9 atom stereocenters. The molecule has 2 saturated heterocycles. The van der Waals surface area contributed by atoms with Crippen molar-refractivity contribution in [1.82, 2.24) is 42.1 Å². The number of methoxy groups -OCH3 is 1. The normalized spacial score (nSPS) is 24.1. The molecular weight excluding hydrogens is 935 g/mol. The van der Waals surface area contributed by atoms with E-state index in [2.05, 4.69) is 37.2 Å². The molecule has 0 aromatic heterocycles. The fourth-order valence-corrected chi connectivity index (χ4v) is 9.04. The van der Waals surface area contributed by atoms with Gasteiger partial charge < -0.3 is 64.1 Å². The lowest BCUT2D eigenvalue weighted by Crippen LogP contribution is -2.61. The van der Waals surface area contributed by atoms with Crippen LogP contribution in [-0.2, 0) is 70.0 Å². The van der Waals surface area contributed by atoms with E-state index in [0.717, 1.165) is 4.90 Å². The van der Waals surface area contributed by atoms with Gasteiger partial charge in [-0.3, -0.25) is 56.9 Å². The lowest BCUT2D eigenvalue weighted by molar-refractivity contribution is -0.142. The van der Waals surface area contributed by atoms with Crippen LogP contribution >= 0.6 is 0 Å². The van der Waals surface area contributed by atoms with Gasteiger partial charge in [-0.2, -0.15) is 0 Å². The maximum atomic E-state index is 14.5. The lowest BCUT2D eigenvalue weighted by Gasteiger charge is -2.31. The number of amides is 11. The summed E-state index contributed by atoms with van der Waals surface area (Å²) in [5, 5.41) is 17.8. The smallest absolute Gasteiger partial charge is 0.246 e. The highest BCUT2D eigenvalue weighted by Crippen LogP contribution is 2.21. The highest BCUT2D eigenvalue weighted by molar-refractivity contribution is 7.85. The number of primary amides is 3. The molecule has 2 fully saturated rings. The molecule has 0 aliphatic carbocycles. The Kier molecular flexibility index (Phi) is 23.2. The predicted octanol–water partition coefficient (Wildman–Crippen LogP) is -3.49. The second kappa shape index (κ2) is 28.1. The molecule has 1 aromatic carbocycles. The number of hydrogen-bond donors (Lipinski definition) is 10. The van der Waals surface area contributed by atoms with Crippen molar-refractivity contribution in [3.05, 3.63) is 29.8 Å². The van der Waals surface area contributed by atoms with E-state index in [1.807, 2.05) is 0 Å². The van der Waals surface area contributed by atoms with Gasteiger partial charge in [0.25, 0.3) is 0 Å². The maximum absolute atomic E-state index is 14.5. The average Bonchev–Trinajstić information content (AvgIpc) is 3.79. The third-order valence-electron chi connectivity index (χ3n) is 11.8. The Morgan fingerprint density at radius 2 is 1.46 bits per heavy atom. The summed E-state index contributed by atoms with van der Waals surface area (Å²) in [4.78, 5) is 148. The van der Waals surface area contributed by atoms with Gasteiger partial charge in [-0.05, 0) is 61.6 Å². The van der Waals surface area contributed by atoms with Crippen LogP contribution in [0.5, 0.6) is 5.75 Å². The zero-order chi connectivity index (χ0) is 52.2. The standard InChI is InChI=1S/C45H69N11O13S/c1-6-25(4)38-44(66)51-28(15-16-34(46)57)40(62)52-31(21-35(47)58)41(63)54-32(45(67)56-17-7-9-33(56)43(65)53-29(19-24(2)3)39(61)49-22-36(48)59)23-70(68)18-8-10-37(60)50-30(42(64)55-38)20-26-11-13-27(69-5)14-12-26/h11-14,24-25,28-33,38H,6-10,15-23H2,1-5H3,(H2,46,57)(H2,47,58)(H2,48,59)(H,49,61)(H,50,60)(H,51,66)(H,52,62)(H,53,65)(H,54,63)(H,55,64)/t25-,28-,29-,30-,31-,32-,33-,38-,70-/m0/s1. The minimum absolute atomic E-state index is 0.00950. The van der Waals surface area contributed by atoms with Crippen molar-refractivity contribution < 1.29 is 61.7 Å². The highest BCUT2D eigenvalue weighted by Gasteiger charge is 2.41. The summed E-state index contributed by atoms with van der Waals surface area (Å²) in [6, 6.07) is -3.23. The van der Waals surface area contributed by atoms with Gasteiger partial charge >= 0.3 is 0 Å². The molecule has 1 aromatic rings. The molecule has 2 aliphatic heterocycles. The van der Waals surface area contributed by atoms with Gasteiger partial charge in [0.05, 0.1) is 25.8 Å². The first-order chi connectivity index (χ1) is 33.0. The Hall–Kier alpha value is -6.66. The van der Waals surface area contributed by atoms with Crippen molar-refractivity contribution in [1.29, 1.82) is 0 Å². The molecule has 70 heavy (non-hydrogen) atoms. The minimum atomic E-state index is -1.96. The molecule has 24 nitrogen and oxygen atoms in total. The molecule has 0 unspecified atom stereocenters. The van der Waals surface area contributed by atoms with E-state index in [9.17, 15) is 56.9 Å². The zero-order valence-corrected chi connectivity index (χ0v) is 41.1. The van der Waals surface area contributed by atoms with Crippen LogP contribution in [0.1, 0.15) is 91.0 Å². The largest absolute Gasteiger partial charge is 0.497 e. The Morgan fingerprint density at radius 3 is 2.06 bits per heavy atom. The molecule has 0 spiro atoms. The molecule has 25 heteroatoms. The van der Waals surface area contributed by atoms with E-state index in [1.165, 1.54) is 7.11 Å². The van der Waals surface area contributed by atoms with Gasteiger partial charge in [-0.1, -0.05) is 46.2 Å². The van der Waals surface area contributed by atoms with Crippen LogP contribution in [0.3, 0.4) is 0 Å². The van der Waals surface area contributed by atoms with E-state index in [1.54, 1.807) is 52.0 Å². The van der Waals surface area contributed by atoms with E-state index in [-0.39, 0.29) is 50.3 Å². The van der Waals surface area contributed by atoms with E-state index in [0.29, 0.717) is 24.2 Å². The van der Waals surface area contributed by atoms with E-state index < -0.39 is 156 Å². The topological polar surface area (TPSA) is 380 Å². The summed E-state index contributed by atoms with van der Waals surface area (Å²) in [5.74, 6) is -10.4. The maximum Gasteiger partial charge on any atom is 0.246 e. The number of benzene rings is 1. The van der Waals surface area contributed by atoms with Crippen LogP contribution in [0.4, 0.5) is 0 Å². The molecule has 13 N–H and O–H groups in total. The first-order valence-electron chi connectivity index (χ1n) is 23.2.